The normalized spacial score (nSPS) is 16.4. The highest BCUT2D eigenvalue weighted by atomic mass is 35.5. The molecule has 6 nitrogen and oxygen atoms in total. The van der Waals surface area contributed by atoms with Gasteiger partial charge in [-0.3, -0.25) is 4.79 Å². The van der Waals surface area contributed by atoms with E-state index >= 15 is 0 Å². The van der Waals surface area contributed by atoms with Gasteiger partial charge in [0.05, 0.1) is 5.02 Å². The standard InChI is InChI=1S/C20H28Cl2N2O4/c1-13(27-16-7-5-6-15(21)17(16)22)18(25)24-10-8-14(9-11-24)12-23-19(26)28-20(2,3)4/h5-7,13-14H,8-12H2,1-4H3,(H,23,26). The Bertz CT molecular complexity index is 698. The first-order valence-electron chi connectivity index (χ1n) is 9.43. The summed E-state index contributed by atoms with van der Waals surface area (Å²) in [5.74, 6) is 0.622. The van der Waals surface area contributed by atoms with Gasteiger partial charge in [0.1, 0.15) is 16.4 Å². The smallest absolute Gasteiger partial charge is 0.407 e. The van der Waals surface area contributed by atoms with Crippen molar-refractivity contribution in [1.82, 2.24) is 10.2 Å². The third kappa shape index (κ3) is 6.74. The van der Waals surface area contributed by atoms with E-state index in [0.717, 1.165) is 12.8 Å². The summed E-state index contributed by atoms with van der Waals surface area (Å²) in [6.07, 6.45) is 0.553. The average molecular weight is 431 g/mol. The molecule has 0 bridgehead atoms. The second-order valence-electron chi connectivity index (χ2n) is 7.96. The molecule has 0 aromatic heterocycles. The summed E-state index contributed by atoms with van der Waals surface area (Å²) >= 11 is 12.1. The second-order valence-corrected chi connectivity index (χ2v) is 8.75. The monoisotopic (exact) mass is 430 g/mol. The van der Waals surface area contributed by atoms with Crippen molar-refractivity contribution in [3.05, 3.63) is 28.2 Å². The zero-order valence-electron chi connectivity index (χ0n) is 16.8. The van der Waals surface area contributed by atoms with Gasteiger partial charge < -0.3 is 19.7 Å². The van der Waals surface area contributed by atoms with Gasteiger partial charge >= 0.3 is 6.09 Å². The number of hydrogen-bond donors (Lipinski definition) is 1. The summed E-state index contributed by atoms with van der Waals surface area (Å²) in [7, 11) is 0. The molecule has 0 saturated carbocycles. The molecule has 0 aliphatic carbocycles. The number of benzene rings is 1. The number of hydrogen-bond acceptors (Lipinski definition) is 4. The van der Waals surface area contributed by atoms with Gasteiger partial charge in [0.25, 0.3) is 5.91 Å². The van der Waals surface area contributed by atoms with Crippen LogP contribution in [0.5, 0.6) is 5.75 Å². The van der Waals surface area contributed by atoms with Gasteiger partial charge in [0.15, 0.2) is 6.10 Å². The molecule has 1 aliphatic rings. The Kier molecular flexibility index (Phi) is 7.84. The fourth-order valence-electron chi connectivity index (χ4n) is 2.97. The lowest BCUT2D eigenvalue weighted by Crippen LogP contribution is -2.46. The topological polar surface area (TPSA) is 67.9 Å². The first-order valence-corrected chi connectivity index (χ1v) is 10.2. The predicted molar refractivity (Wildman–Crippen MR) is 110 cm³/mol. The molecule has 1 atom stereocenters. The van der Waals surface area contributed by atoms with Crippen molar-refractivity contribution >= 4 is 35.2 Å². The lowest BCUT2D eigenvalue weighted by Gasteiger charge is -2.33. The molecule has 1 heterocycles. The third-order valence-corrected chi connectivity index (χ3v) is 5.23. The number of amides is 2. The number of rotatable bonds is 5. The largest absolute Gasteiger partial charge is 0.479 e. The van der Waals surface area contributed by atoms with Crippen molar-refractivity contribution in [2.24, 2.45) is 5.92 Å². The molecule has 0 spiro atoms. The summed E-state index contributed by atoms with van der Waals surface area (Å²) in [6.45, 7) is 8.98. The number of halogens is 2. The Hall–Kier alpha value is -1.66. The maximum atomic E-state index is 12.7. The Labute approximate surface area is 176 Å². The number of carbonyl (C=O) groups is 2. The molecule has 1 unspecified atom stereocenters. The van der Waals surface area contributed by atoms with Crippen LogP contribution in [0, 0.1) is 5.92 Å². The van der Waals surface area contributed by atoms with Crippen molar-refractivity contribution in [3.8, 4) is 5.75 Å². The van der Waals surface area contributed by atoms with Crippen LogP contribution in [-0.2, 0) is 9.53 Å². The van der Waals surface area contributed by atoms with Crippen LogP contribution in [0.1, 0.15) is 40.5 Å². The Balaban J connectivity index is 1.78. The molecule has 1 aliphatic heterocycles. The van der Waals surface area contributed by atoms with E-state index in [4.69, 9.17) is 32.7 Å². The van der Waals surface area contributed by atoms with Gasteiger partial charge in [-0.25, -0.2) is 4.79 Å². The van der Waals surface area contributed by atoms with Crippen LogP contribution < -0.4 is 10.1 Å². The van der Waals surface area contributed by atoms with Gasteiger partial charge in [0, 0.05) is 19.6 Å². The van der Waals surface area contributed by atoms with Gasteiger partial charge in [0.2, 0.25) is 0 Å². The van der Waals surface area contributed by atoms with E-state index < -0.39 is 17.8 Å². The molecule has 8 heteroatoms. The number of ether oxygens (including phenoxy) is 2. The molecule has 1 N–H and O–H groups in total. The molecular weight excluding hydrogens is 403 g/mol. The zero-order valence-corrected chi connectivity index (χ0v) is 18.3. The minimum atomic E-state index is -0.660. The molecule has 1 aromatic carbocycles. The molecule has 0 radical (unpaired) electrons. The van der Waals surface area contributed by atoms with Crippen LogP contribution >= 0.6 is 23.2 Å². The third-order valence-electron chi connectivity index (χ3n) is 4.43. The first-order chi connectivity index (χ1) is 13.1. The zero-order chi connectivity index (χ0) is 20.9. The molecule has 2 amide bonds. The fourth-order valence-corrected chi connectivity index (χ4v) is 3.31. The average Bonchev–Trinajstić information content (AvgIpc) is 2.62. The van der Waals surface area contributed by atoms with Crippen LogP contribution in [0.2, 0.25) is 10.0 Å². The number of piperidine rings is 1. The minimum absolute atomic E-state index is 0.0883. The maximum Gasteiger partial charge on any atom is 0.407 e. The minimum Gasteiger partial charge on any atom is -0.479 e. The molecule has 1 saturated heterocycles. The van der Waals surface area contributed by atoms with Gasteiger partial charge in [-0.15, -0.1) is 0 Å². The van der Waals surface area contributed by atoms with E-state index in [2.05, 4.69) is 5.32 Å². The van der Waals surface area contributed by atoms with Crippen LogP contribution in [-0.4, -0.2) is 48.2 Å². The van der Waals surface area contributed by atoms with Crippen molar-refractivity contribution in [2.45, 2.75) is 52.2 Å². The van der Waals surface area contributed by atoms with Crippen molar-refractivity contribution in [1.29, 1.82) is 0 Å². The Morgan fingerprint density at radius 3 is 2.50 bits per heavy atom. The first kappa shape index (κ1) is 22.6. The summed E-state index contributed by atoms with van der Waals surface area (Å²) in [5.41, 5.74) is -0.512. The predicted octanol–water partition coefficient (Wildman–Crippen LogP) is 4.52. The number of alkyl carbamates (subject to hydrolysis) is 1. The van der Waals surface area contributed by atoms with E-state index in [0.29, 0.717) is 41.3 Å². The summed E-state index contributed by atoms with van der Waals surface area (Å²) in [6, 6.07) is 5.08. The molecule has 28 heavy (non-hydrogen) atoms. The SMILES string of the molecule is CC(Oc1cccc(Cl)c1Cl)C(=O)N1CCC(CNC(=O)OC(C)(C)C)CC1. The molecular formula is C20H28Cl2N2O4. The number of likely N-dealkylation sites (tertiary alicyclic amines) is 1. The van der Waals surface area contributed by atoms with Crippen molar-refractivity contribution in [2.75, 3.05) is 19.6 Å². The van der Waals surface area contributed by atoms with Crippen LogP contribution in [0.15, 0.2) is 18.2 Å². The van der Waals surface area contributed by atoms with Crippen LogP contribution in [0.25, 0.3) is 0 Å². The second kappa shape index (κ2) is 9.70. The quantitative estimate of drug-likeness (QED) is 0.744. The van der Waals surface area contributed by atoms with E-state index in [-0.39, 0.29) is 5.91 Å². The van der Waals surface area contributed by atoms with E-state index in [1.165, 1.54) is 0 Å². The van der Waals surface area contributed by atoms with E-state index in [9.17, 15) is 9.59 Å². The van der Waals surface area contributed by atoms with Gasteiger partial charge in [-0.1, -0.05) is 29.3 Å². The Morgan fingerprint density at radius 1 is 1.25 bits per heavy atom. The maximum absolute atomic E-state index is 12.7. The lowest BCUT2D eigenvalue weighted by atomic mass is 9.96. The number of carbonyl (C=O) groups excluding carboxylic acids is 2. The van der Waals surface area contributed by atoms with E-state index in [1.807, 2.05) is 20.8 Å². The highest BCUT2D eigenvalue weighted by Crippen LogP contribution is 2.32. The lowest BCUT2D eigenvalue weighted by molar-refractivity contribution is -0.139. The summed E-state index contributed by atoms with van der Waals surface area (Å²) < 4.78 is 11.0. The molecule has 1 fully saturated rings. The summed E-state index contributed by atoms with van der Waals surface area (Å²) in [5, 5.41) is 3.49. The van der Waals surface area contributed by atoms with Crippen molar-refractivity contribution < 1.29 is 19.1 Å². The highest BCUT2D eigenvalue weighted by Gasteiger charge is 2.28. The van der Waals surface area contributed by atoms with Gasteiger partial charge in [-0.05, 0) is 58.6 Å². The molecule has 1 aromatic rings. The van der Waals surface area contributed by atoms with Crippen LogP contribution in [0.3, 0.4) is 0 Å². The highest BCUT2D eigenvalue weighted by molar-refractivity contribution is 6.42. The van der Waals surface area contributed by atoms with Gasteiger partial charge in [-0.2, -0.15) is 0 Å². The Morgan fingerprint density at radius 2 is 1.89 bits per heavy atom. The van der Waals surface area contributed by atoms with E-state index in [1.54, 1.807) is 30.0 Å². The molecule has 2 rings (SSSR count). The fraction of sp³-hybridized carbons (Fsp3) is 0.600. The summed E-state index contributed by atoms with van der Waals surface area (Å²) in [4.78, 5) is 26.2. The molecule has 156 valence electrons. The van der Waals surface area contributed by atoms with Crippen LogP contribution in [0.4, 0.5) is 4.79 Å². The number of nitrogens with one attached hydrogen (secondary N) is 1. The number of nitrogens with zero attached hydrogens (tertiary/aromatic N) is 1. The van der Waals surface area contributed by atoms with Crippen molar-refractivity contribution in [3.63, 3.8) is 0 Å².